The minimum absolute atomic E-state index is 0.0635. The van der Waals surface area contributed by atoms with Gasteiger partial charge in [0, 0.05) is 12.8 Å². The number of ketones is 2. The lowest BCUT2D eigenvalue weighted by Gasteiger charge is -1.94. The van der Waals surface area contributed by atoms with Gasteiger partial charge in [0.2, 0.25) is 0 Å². The van der Waals surface area contributed by atoms with Crippen LogP contribution in [0.5, 0.6) is 0 Å². The number of carbonyl (C=O) groups excluding carboxylic acids is 2. The lowest BCUT2D eigenvalue weighted by atomic mass is 10.1. The monoisotopic (exact) mass is 347 g/mol. The molecule has 0 N–H and O–H groups in total. The molecule has 0 atom stereocenters. The van der Waals surface area contributed by atoms with E-state index in [-0.39, 0.29) is 11.6 Å². The quantitative estimate of drug-likeness (QED) is 0.621. The maximum absolute atomic E-state index is 11.8. The summed E-state index contributed by atoms with van der Waals surface area (Å²) in [5, 5.41) is 0. The average molecular weight is 347 g/mol. The van der Waals surface area contributed by atoms with Gasteiger partial charge in [-0.2, -0.15) is 0 Å². The molecule has 0 bridgehead atoms. The molecule has 16 heavy (non-hydrogen) atoms. The molecule has 0 aliphatic carbocycles. The molecule has 0 radical (unpaired) electrons. The molecule has 1 aromatic rings. The molecule has 0 saturated heterocycles. The van der Waals surface area contributed by atoms with Gasteiger partial charge in [0.1, 0.15) is 9.50 Å². The van der Waals surface area contributed by atoms with Crippen LogP contribution in [0, 0.1) is 0 Å². The third-order valence-corrected chi connectivity index (χ3v) is 4.84. The first kappa shape index (κ1) is 11.9. The Labute approximate surface area is 111 Å². The highest BCUT2D eigenvalue weighted by atomic mass is 127. The van der Waals surface area contributed by atoms with Crippen LogP contribution < -0.4 is 0 Å². The second-order valence-electron chi connectivity index (χ2n) is 3.70. The van der Waals surface area contributed by atoms with Gasteiger partial charge < -0.3 is 4.79 Å². The Bertz CT molecular complexity index is 490. The molecule has 0 aromatic carbocycles. The number of nitrogens with zero attached hydrogens (tertiary/aromatic N) is 1. The first-order valence-electron chi connectivity index (χ1n) is 4.93. The number of aliphatic imine (C=N–C) groups is 1. The number of hydrogen-bond donors (Lipinski definition) is 0. The molecule has 1 aliphatic rings. The Kier molecular flexibility index (Phi) is 3.53. The summed E-state index contributed by atoms with van der Waals surface area (Å²) < 4.78 is 0.989. The highest BCUT2D eigenvalue weighted by Gasteiger charge is 2.20. The van der Waals surface area contributed by atoms with Crippen LogP contribution in [-0.4, -0.2) is 15.3 Å². The third-order valence-electron chi connectivity index (χ3n) is 2.36. The van der Waals surface area contributed by atoms with Gasteiger partial charge in [-0.25, -0.2) is 0 Å². The minimum Gasteiger partial charge on any atom is -0.300 e. The van der Waals surface area contributed by atoms with Crippen molar-refractivity contribution in [2.24, 2.45) is 4.99 Å². The van der Waals surface area contributed by atoms with Crippen LogP contribution >= 0.6 is 33.9 Å². The summed E-state index contributed by atoms with van der Waals surface area (Å²) in [6, 6.07) is 1.91. The Morgan fingerprint density at radius 1 is 1.50 bits per heavy atom. The summed E-state index contributed by atoms with van der Waals surface area (Å²) in [5.41, 5.74) is 1.14. The number of halogens is 1. The summed E-state index contributed by atoms with van der Waals surface area (Å²) in [6.07, 6.45) is 0.662. The maximum atomic E-state index is 11.8. The van der Waals surface area contributed by atoms with Crippen molar-refractivity contribution in [1.29, 1.82) is 0 Å². The SMILES string of the molecule is CC(=O)CCC(=O)c1cc2c(s1)C(I)=NC2. The zero-order chi connectivity index (χ0) is 11.7. The van der Waals surface area contributed by atoms with Crippen LogP contribution in [0.15, 0.2) is 11.1 Å². The molecule has 0 unspecified atom stereocenters. The van der Waals surface area contributed by atoms with Crippen LogP contribution in [0.2, 0.25) is 0 Å². The van der Waals surface area contributed by atoms with Gasteiger partial charge in [-0.15, -0.1) is 11.3 Å². The van der Waals surface area contributed by atoms with E-state index in [0.717, 1.165) is 19.0 Å². The maximum Gasteiger partial charge on any atom is 0.173 e. The first-order valence-corrected chi connectivity index (χ1v) is 6.83. The molecular formula is C11H10INO2S. The summed E-state index contributed by atoms with van der Waals surface area (Å²) in [6.45, 7) is 2.20. The van der Waals surface area contributed by atoms with Crippen LogP contribution in [0.3, 0.4) is 0 Å². The normalized spacial score (nSPS) is 13.5. The van der Waals surface area contributed by atoms with E-state index in [0.29, 0.717) is 19.4 Å². The molecule has 0 fully saturated rings. The fraction of sp³-hybridized carbons (Fsp3) is 0.364. The molecule has 84 valence electrons. The predicted molar refractivity (Wildman–Crippen MR) is 72.8 cm³/mol. The van der Waals surface area contributed by atoms with E-state index in [1.807, 2.05) is 6.07 Å². The van der Waals surface area contributed by atoms with E-state index in [1.54, 1.807) is 0 Å². The van der Waals surface area contributed by atoms with Crippen LogP contribution in [0.25, 0.3) is 0 Å². The van der Waals surface area contributed by atoms with E-state index in [2.05, 4.69) is 27.6 Å². The van der Waals surface area contributed by atoms with Crippen molar-refractivity contribution >= 4 is 49.2 Å². The van der Waals surface area contributed by atoms with Crippen molar-refractivity contribution in [3.8, 4) is 0 Å². The topological polar surface area (TPSA) is 46.5 Å². The zero-order valence-corrected chi connectivity index (χ0v) is 11.7. The second-order valence-corrected chi connectivity index (χ2v) is 5.77. The molecule has 5 heteroatoms. The number of carbonyl (C=O) groups is 2. The van der Waals surface area contributed by atoms with Crippen molar-refractivity contribution in [3.05, 3.63) is 21.4 Å². The number of Topliss-reactive ketones (excluding diaryl/α,β-unsaturated/α-hetero) is 2. The van der Waals surface area contributed by atoms with Gasteiger partial charge in [0.05, 0.1) is 16.3 Å². The number of rotatable bonds is 4. The van der Waals surface area contributed by atoms with E-state index in [9.17, 15) is 9.59 Å². The van der Waals surface area contributed by atoms with E-state index in [4.69, 9.17) is 0 Å². The largest absolute Gasteiger partial charge is 0.300 e. The molecule has 0 saturated carbocycles. The van der Waals surface area contributed by atoms with E-state index in [1.165, 1.54) is 18.3 Å². The van der Waals surface area contributed by atoms with E-state index >= 15 is 0 Å². The molecule has 0 spiro atoms. The smallest absolute Gasteiger partial charge is 0.173 e. The molecule has 1 aromatic heterocycles. The van der Waals surface area contributed by atoms with Gasteiger partial charge >= 0.3 is 0 Å². The lowest BCUT2D eigenvalue weighted by molar-refractivity contribution is -0.116. The minimum atomic E-state index is 0.0635. The number of fused-ring (bicyclic) bond motifs is 1. The van der Waals surface area contributed by atoms with Crippen molar-refractivity contribution in [3.63, 3.8) is 0 Å². The van der Waals surface area contributed by atoms with Gasteiger partial charge in [-0.1, -0.05) is 0 Å². The van der Waals surface area contributed by atoms with Gasteiger partial charge in [0.15, 0.2) is 5.78 Å². The average Bonchev–Trinajstić information content (AvgIpc) is 2.78. The summed E-state index contributed by atoms with van der Waals surface area (Å²) >= 11 is 3.68. The van der Waals surface area contributed by atoms with Crippen LogP contribution in [0.1, 0.15) is 39.9 Å². The van der Waals surface area contributed by atoms with Crippen molar-refractivity contribution in [1.82, 2.24) is 0 Å². The van der Waals surface area contributed by atoms with Crippen molar-refractivity contribution in [2.75, 3.05) is 0 Å². The summed E-state index contributed by atoms with van der Waals surface area (Å²) in [4.78, 5) is 28.7. The number of hydrogen-bond acceptors (Lipinski definition) is 4. The molecular weight excluding hydrogens is 337 g/mol. The Balaban J connectivity index is 2.11. The third kappa shape index (κ3) is 2.40. The van der Waals surface area contributed by atoms with Crippen molar-refractivity contribution in [2.45, 2.75) is 26.3 Å². The summed E-state index contributed by atoms with van der Waals surface area (Å²) in [5.74, 6) is 0.132. The molecule has 2 rings (SSSR count). The standard InChI is InChI=1S/C11H10INO2S/c1-6(14)2-3-8(15)9-4-7-5-13-11(12)10(7)16-9/h4H,2-3,5H2,1H3. The molecule has 2 heterocycles. The molecule has 3 nitrogen and oxygen atoms in total. The highest BCUT2D eigenvalue weighted by molar-refractivity contribution is 14.1. The lowest BCUT2D eigenvalue weighted by Crippen LogP contribution is -2.00. The zero-order valence-electron chi connectivity index (χ0n) is 8.75. The summed E-state index contributed by atoms with van der Waals surface area (Å²) in [7, 11) is 0. The van der Waals surface area contributed by atoms with Gasteiger partial charge in [-0.05, 0) is 41.1 Å². The molecule has 0 amide bonds. The van der Waals surface area contributed by atoms with Crippen molar-refractivity contribution < 1.29 is 9.59 Å². The van der Waals surface area contributed by atoms with Crippen LogP contribution in [0.4, 0.5) is 0 Å². The molecule has 1 aliphatic heterocycles. The van der Waals surface area contributed by atoms with Crippen LogP contribution in [-0.2, 0) is 11.3 Å². The second kappa shape index (κ2) is 4.75. The fourth-order valence-electron chi connectivity index (χ4n) is 1.50. The predicted octanol–water partition coefficient (Wildman–Crippen LogP) is 3.00. The highest BCUT2D eigenvalue weighted by Crippen LogP contribution is 2.31. The van der Waals surface area contributed by atoms with E-state index < -0.39 is 0 Å². The van der Waals surface area contributed by atoms with Gasteiger partial charge in [0.25, 0.3) is 0 Å². The Hall–Kier alpha value is -0.560. The van der Waals surface area contributed by atoms with Gasteiger partial charge in [-0.3, -0.25) is 9.79 Å². The number of thiophene rings is 1. The Morgan fingerprint density at radius 3 is 2.88 bits per heavy atom. The fourth-order valence-corrected chi connectivity index (χ4v) is 3.38. The Morgan fingerprint density at radius 2 is 2.25 bits per heavy atom. The first-order chi connectivity index (χ1) is 7.58.